The Bertz CT molecular complexity index is 995. The lowest BCUT2D eigenvalue weighted by molar-refractivity contribution is -0.119. The first-order valence-electron chi connectivity index (χ1n) is 7.69. The highest BCUT2D eigenvalue weighted by atomic mass is 79.9. The summed E-state index contributed by atoms with van der Waals surface area (Å²) in [5, 5.41) is 4.35. The summed E-state index contributed by atoms with van der Waals surface area (Å²) in [7, 11) is -2.25. The lowest BCUT2D eigenvalue weighted by Gasteiger charge is -2.21. The van der Waals surface area contributed by atoms with Gasteiger partial charge in [0.1, 0.15) is 12.3 Å². The van der Waals surface area contributed by atoms with Crippen LogP contribution in [0.1, 0.15) is 5.56 Å². The summed E-state index contributed by atoms with van der Waals surface area (Å²) in [4.78, 5) is 12.2. The minimum absolute atomic E-state index is 0.174. The maximum atomic E-state index is 12.2. The average molecular weight is 509 g/mol. The van der Waals surface area contributed by atoms with Crippen LogP contribution >= 0.6 is 39.1 Å². The molecule has 0 saturated heterocycles. The number of methoxy groups -OCH3 is 1. The van der Waals surface area contributed by atoms with Gasteiger partial charge in [-0.3, -0.25) is 9.10 Å². The number of carbonyl (C=O) groups excluding carboxylic acids is 1. The molecule has 0 aliphatic heterocycles. The Hall–Kier alpha value is -1.81. The van der Waals surface area contributed by atoms with Crippen LogP contribution in [0.25, 0.3) is 0 Å². The zero-order valence-electron chi connectivity index (χ0n) is 14.8. The fourth-order valence-electron chi connectivity index (χ4n) is 2.23. The summed E-state index contributed by atoms with van der Waals surface area (Å²) in [5.41, 5.74) is 3.09. The molecule has 2 aromatic rings. The van der Waals surface area contributed by atoms with Gasteiger partial charge in [-0.15, -0.1) is 0 Å². The third kappa shape index (κ3) is 6.37. The number of ether oxygens (including phenoxy) is 1. The summed E-state index contributed by atoms with van der Waals surface area (Å²) in [5.74, 6) is -0.0840. The number of sulfonamides is 1. The van der Waals surface area contributed by atoms with E-state index in [2.05, 4.69) is 26.5 Å². The van der Waals surface area contributed by atoms with Crippen molar-refractivity contribution in [2.45, 2.75) is 0 Å². The number of anilines is 1. The van der Waals surface area contributed by atoms with E-state index in [1.165, 1.54) is 31.5 Å². The Morgan fingerprint density at radius 1 is 1.25 bits per heavy atom. The normalized spacial score (nSPS) is 11.5. The fourth-order valence-corrected chi connectivity index (χ4v) is 3.96. The molecule has 0 aromatic heterocycles. The number of hydrogen-bond acceptors (Lipinski definition) is 5. The predicted octanol–water partition coefficient (Wildman–Crippen LogP) is 3.68. The van der Waals surface area contributed by atoms with Crippen LogP contribution in [0.2, 0.25) is 10.0 Å². The molecule has 0 unspecified atom stereocenters. The van der Waals surface area contributed by atoms with E-state index >= 15 is 0 Å². The second kappa shape index (κ2) is 9.60. The Balaban J connectivity index is 2.16. The van der Waals surface area contributed by atoms with E-state index in [9.17, 15) is 13.2 Å². The first-order chi connectivity index (χ1) is 13.1. The molecule has 1 N–H and O–H groups in total. The van der Waals surface area contributed by atoms with Crippen molar-refractivity contribution in [3.05, 3.63) is 56.5 Å². The van der Waals surface area contributed by atoms with Crippen molar-refractivity contribution < 1.29 is 17.9 Å². The van der Waals surface area contributed by atoms with Crippen molar-refractivity contribution in [1.29, 1.82) is 0 Å². The van der Waals surface area contributed by atoms with Gasteiger partial charge in [0.15, 0.2) is 0 Å². The number of hydrazone groups is 1. The summed E-state index contributed by atoms with van der Waals surface area (Å²) < 4.78 is 31.1. The molecule has 0 radical (unpaired) electrons. The Morgan fingerprint density at radius 2 is 1.89 bits per heavy atom. The van der Waals surface area contributed by atoms with Crippen molar-refractivity contribution in [2.24, 2.45) is 5.10 Å². The summed E-state index contributed by atoms with van der Waals surface area (Å²) >= 11 is 15.2. The molecule has 7 nitrogen and oxygen atoms in total. The van der Waals surface area contributed by atoms with E-state index in [0.29, 0.717) is 11.3 Å². The summed E-state index contributed by atoms with van der Waals surface area (Å²) in [6, 6.07) is 9.55. The second-order valence-corrected chi connectivity index (χ2v) is 9.27. The standard InChI is InChI=1S/C17H16BrCl2N3O4S/c1-27-16-4-3-12(18)5-11(16)9-21-22-17(24)10-23(28(2,25)26)15-7-13(19)6-14(20)8-15/h3-9H,10H2,1-2H3,(H,22,24)/b21-9-. The van der Waals surface area contributed by atoms with Gasteiger partial charge < -0.3 is 4.74 Å². The molecule has 0 aliphatic rings. The van der Waals surface area contributed by atoms with Crippen LogP contribution in [0.3, 0.4) is 0 Å². The zero-order chi connectivity index (χ0) is 20.9. The Kier molecular flexibility index (Phi) is 7.70. The van der Waals surface area contributed by atoms with Crippen LogP contribution in [-0.2, 0) is 14.8 Å². The maximum absolute atomic E-state index is 12.2. The molecule has 0 heterocycles. The van der Waals surface area contributed by atoms with Crippen LogP contribution in [-0.4, -0.2) is 40.4 Å². The van der Waals surface area contributed by atoms with Gasteiger partial charge in [0, 0.05) is 20.1 Å². The molecule has 0 spiro atoms. The van der Waals surface area contributed by atoms with Gasteiger partial charge in [-0.2, -0.15) is 5.10 Å². The minimum atomic E-state index is -3.76. The van der Waals surface area contributed by atoms with Crippen LogP contribution in [0.4, 0.5) is 5.69 Å². The third-order valence-corrected chi connectivity index (χ3v) is 5.48. The predicted molar refractivity (Wildman–Crippen MR) is 115 cm³/mol. The van der Waals surface area contributed by atoms with E-state index < -0.39 is 22.5 Å². The van der Waals surface area contributed by atoms with Gasteiger partial charge in [0.25, 0.3) is 5.91 Å². The number of nitrogens with one attached hydrogen (secondary N) is 1. The number of benzene rings is 2. The Labute approximate surface area is 181 Å². The smallest absolute Gasteiger partial charge is 0.260 e. The summed E-state index contributed by atoms with van der Waals surface area (Å²) in [6.07, 6.45) is 2.37. The molecule has 0 fully saturated rings. The molecular formula is C17H16BrCl2N3O4S. The highest BCUT2D eigenvalue weighted by Crippen LogP contribution is 2.27. The average Bonchev–Trinajstić information content (AvgIpc) is 2.58. The van der Waals surface area contributed by atoms with E-state index in [-0.39, 0.29) is 15.7 Å². The topological polar surface area (TPSA) is 88.1 Å². The van der Waals surface area contributed by atoms with Crippen LogP contribution in [0.15, 0.2) is 46.0 Å². The zero-order valence-corrected chi connectivity index (χ0v) is 18.7. The van der Waals surface area contributed by atoms with Crippen molar-refractivity contribution in [2.75, 3.05) is 24.2 Å². The number of amides is 1. The quantitative estimate of drug-likeness (QED) is 0.456. The molecule has 28 heavy (non-hydrogen) atoms. The van der Waals surface area contributed by atoms with Crippen molar-refractivity contribution in [3.8, 4) is 5.75 Å². The second-order valence-electron chi connectivity index (χ2n) is 5.58. The first-order valence-corrected chi connectivity index (χ1v) is 11.1. The molecule has 2 aromatic carbocycles. The largest absolute Gasteiger partial charge is 0.496 e. The SMILES string of the molecule is COc1ccc(Br)cc1/C=N\NC(=O)CN(c1cc(Cl)cc(Cl)c1)S(C)(=O)=O. The van der Waals surface area contributed by atoms with Gasteiger partial charge in [0.2, 0.25) is 10.0 Å². The van der Waals surface area contributed by atoms with Crippen LogP contribution in [0, 0.1) is 0 Å². The highest BCUT2D eigenvalue weighted by molar-refractivity contribution is 9.10. The van der Waals surface area contributed by atoms with E-state index in [0.717, 1.165) is 15.0 Å². The monoisotopic (exact) mass is 507 g/mol. The van der Waals surface area contributed by atoms with Gasteiger partial charge in [0.05, 0.1) is 25.3 Å². The van der Waals surface area contributed by atoms with E-state index in [1.54, 1.807) is 18.2 Å². The first kappa shape index (κ1) is 22.5. The number of rotatable bonds is 7. The van der Waals surface area contributed by atoms with Gasteiger partial charge in [-0.1, -0.05) is 39.1 Å². The molecule has 0 aliphatic carbocycles. The molecule has 0 saturated carbocycles. The number of nitrogens with zero attached hydrogens (tertiary/aromatic N) is 2. The maximum Gasteiger partial charge on any atom is 0.260 e. The van der Waals surface area contributed by atoms with E-state index in [4.69, 9.17) is 27.9 Å². The molecule has 0 atom stereocenters. The summed E-state index contributed by atoms with van der Waals surface area (Å²) in [6.45, 7) is -0.498. The molecule has 150 valence electrons. The molecule has 0 bridgehead atoms. The van der Waals surface area contributed by atoms with Gasteiger partial charge >= 0.3 is 0 Å². The molecule has 1 amide bonds. The van der Waals surface area contributed by atoms with Crippen molar-refractivity contribution in [1.82, 2.24) is 5.43 Å². The molecule has 2 rings (SSSR count). The fraction of sp³-hybridized carbons (Fsp3) is 0.176. The van der Waals surface area contributed by atoms with Gasteiger partial charge in [-0.05, 0) is 36.4 Å². The number of halogens is 3. The molecular weight excluding hydrogens is 493 g/mol. The number of hydrogen-bond donors (Lipinski definition) is 1. The lowest BCUT2D eigenvalue weighted by Crippen LogP contribution is -2.39. The Morgan fingerprint density at radius 3 is 2.46 bits per heavy atom. The third-order valence-electron chi connectivity index (χ3n) is 3.41. The number of carbonyl (C=O) groups is 1. The van der Waals surface area contributed by atoms with Crippen LogP contribution in [0.5, 0.6) is 5.75 Å². The lowest BCUT2D eigenvalue weighted by atomic mass is 10.2. The minimum Gasteiger partial charge on any atom is -0.496 e. The molecule has 11 heteroatoms. The highest BCUT2D eigenvalue weighted by Gasteiger charge is 2.21. The van der Waals surface area contributed by atoms with E-state index in [1.807, 2.05) is 0 Å². The van der Waals surface area contributed by atoms with Crippen molar-refractivity contribution >= 4 is 67.0 Å². The van der Waals surface area contributed by atoms with Gasteiger partial charge in [-0.25, -0.2) is 13.8 Å². The van der Waals surface area contributed by atoms with Crippen LogP contribution < -0.4 is 14.5 Å². The van der Waals surface area contributed by atoms with Crippen molar-refractivity contribution in [3.63, 3.8) is 0 Å².